The Morgan fingerprint density at radius 3 is 2.00 bits per heavy atom. The fourth-order valence-corrected chi connectivity index (χ4v) is 2.37. The van der Waals surface area contributed by atoms with Gasteiger partial charge in [-0.05, 0) is 47.5 Å². The molecule has 24 heavy (non-hydrogen) atoms. The molecule has 3 aromatic rings. The summed E-state index contributed by atoms with van der Waals surface area (Å²) in [4.78, 5) is 23.1. The average Bonchev–Trinajstić information content (AvgIpc) is 2.63. The monoisotopic (exact) mass is 317 g/mol. The number of anilines is 1. The first-order valence-electron chi connectivity index (χ1n) is 7.44. The van der Waals surface area contributed by atoms with Crippen LogP contribution in [-0.4, -0.2) is 17.0 Å². The zero-order valence-electron chi connectivity index (χ0n) is 12.8. The molecule has 0 bridgehead atoms. The van der Waals surface area contributed by atoms with E-state index in [2.05, 4.69) is 5.32 Å². The van der Waals surface area contributed by atoms with Crippen LogP contribution >= 0.6 is 0 Å². The number of carboxylic acid groups (broad SMARTS) is 1. The lowest BCUT2D eigenvalue weighted by atomic mass is 10.1. The highest BCUT2D eigenvalue weighted by molar-refractivity contribution is 6.05. The van der Waals surface area contributed by atoms with Crippen molar-refractivity contribution in [2.75, 3.05) is 5.32 Å². The predicted octanol–water partition coefficient (Wildman–Crippen LogP) is 4.30. The van der Waals surface area contributed by atoms with Crippen molar-refractivity contribution in [1.82, 2.24) is 0 Å². The maximum atomic E-state index is 12.3. The Hall–Kier alpha value is -3.40. The number of hydrogen-bond acceptors (Lipinski definition) is 2. The van der Waals surface area contributed by atoms with Gasteiger partial charge < -0.3 is 10.4 Å². The van der Waals surface area contributed by atoms with Crippen LogP contribution in [-0.2, 0) is 0 Å². The van der Waals surface area contributed by atoms with E-state index in [0.717, 1.165) is 11.1 Å². The molecule has 1 amide bonds. The minimum Gasteiger partial charge on any atom is -0.478 e. The van der Waals surface area contributed by atoms with E-state index in [1.54, 1.807) is 0 Å². The number of nitrogens with one attached hydrogen (secondary N) is 1. The Morgan fingerprint density at radius 1 is 0.708 bits per heavy atom. The van der Waals surface area contributed by atoms with Crippen molar-refractivity contribution in [2.24, 2.45) is 0 Å². The largest absolute Gasteiger partial charge is 0.478 e. The molecule has 2 N–H and O–H groups in total. The molecule has 0 saturated heterocycles. The Labute approximate surface area is 139 Å². The van der Waals surface area contributed by atoms with Crippen LogP contribution in [0.3, 0.4) is 0 Å². The second kappa shape index (κ2) is 6.79. The Bertz CT molecular complexity index is 871. The van der Waals surface area contributed by atoms with Gasteiger partial charge in [-0.15, -0.1) is 0 Å². The summed E-state index contributed by atoms with van der Waals surface area (Å²) in [5.41, 5.74) is 3.32. The molecule has 4 heteroatoms. The van der Waals surface area contributed by atoms with E-state index in [1.165, 1.54) is 24.3 Å². The van der Waals surface area contributed by atoms with Crippen LogP contribution in [0.15, 0.2) is 78.9 Å². The number of benzene rings is 3. The van der Waals surface area contributed by atoms with Crippen molar-refractivity contribution >= 4 is 17.6 Å². The summed E-state index contributed by atoms with van der Waals surface area (Å²) >= 11 is 0. The van der Waals surface area contributed by atoms with Crippen molar-refractivity contribution in [3.8, 4) is 11.1 Å². The molecule has 0 heterocycles. The summed E-state index contributed by atoms with van der Waals surface area (Å²) in [5.74, 6) is -1.30. The quantitative estimate of drug-likeness (QED) is 0.754. The number of hydrogen-bond donors (Lipinski definition) is 2. The SMILES string of the molecule is O=C(O)c1ccc(C(=O)Nc2cccc(-c3ccccc3)c2)cc1. The average molecular weight is 317 g/mol. The highest BCUT2D eigenvalue weighted by Gasteiger charge is 2.08. The van der Waals surface area contributed by atoms with Crippen molar-refractivity contribution in [2.45, 2.75) is 0 Å². The van der Waals surface area contributed by atoms with Gasteiger partial charge in [-0.25, -0.2) is 4.79 Å². The second-order valence-electron chi connectivity index (χ2n) is 5.28. The summed E-state index contributed by atoms with van der Waals surface area (Å²) in [5, 5.41) is 11.7. The van der Waals surface area contributed by atoms with Gasteiger partial charge in [-0.2, -0.15) is 0 Å². The number of amides is 1. The minimum atomic E-state index is -1.02. The molecule has 0 unspecified atom stereocenters. The van der Waals surface area contributed by atoms with Crippen LogP contribution in [0.4, 0.5) is 5.69 Å². The lowest BCUT2D eigenvalue weighted by Gasteiger charge is -2.08. The van der Waals surface area contributed by atoms with E-state index < -0.39 is 5.97 Å². The van der Waals surface area contributed by atoms with Crippen LogP contribution in [0.25, 0.3) is 11.1 Å². The number of aromatic carboxylic acids is 1. The number of carbonyl (C=O) groups is 2. The van der Waals surface area contributed by atoms with Crippen LogP contribution in [0, 0.1) is 0 Å². The van der Waals surface area contributed by atoms with Gasteiger partial charge in [-0.1, -0.05) is 42.5 Å². The van der Waals surface area contributed by atoms with Gasteiger partial charge in [0, 0.05) is 11.3 Å². The molecule has 0 aliphatic carbocycles. The van der Waals surface area contributed by atoms with Crippen molar-refractivity contribution in [3.63, 3.8) is 0 Å². The first kappa shape index (κ1) is 15.5. The van der Waals surface area contributed by atoms with E-state index in [-0.39, 0.29) is 11.5 Å². The third-order valence-electron chi connectivity index (χ3n) is 3.62. The molecule has 0 atom stereocenters. The van der Waals surface area contributed by atoms with Gasteiger partial charge in [0.15, 0.2) is 0 Å². The maximum Gasteiger partial charge on any atom is 0.335 e. The molecule has 3 rings (SSSR count). The third kappa shape index (κ3) is 3.50. The summed E-state index contributed by atoms with van der Waals surface area (Å²) < 4.78 is 0. The molecule has 0 aromatic heterocycles. The molecular formula is C20H15NO3. The van der Waals surface area contributed by atoms with E-state index in [4.69, 9.17) is 5.11 Å². The van der Waals surface area contributed by atoms with Crippen molar-refractivity contribution in [3.05, 3.63) is 90.0 Å². The van der Waals surface area contributed by atoms with Crippen LogP contribution in [0.5, 0.6) is 0 Å². The molecule has 118 valence electrons. The molecule has 4 nitrogen and oxygen atoms in total. The van der Waals surface area contributed by atoms with E-state index in [0.29, 0.717) is 11.3 Å². The molecule has 0 saturated carbocycles. The molecule has 0 spiro atoms. The van der Waals surface area contributed by atoms with E-state index >= 15 is 0 Å². The zero-order valence-corrected chi connectivity index (χ0v) is 12.8. The Kier molecular flexibility index (Phi) is 4.38. The predicted molar refractivity (Wildman–Crippen MR) is 93.2 cm³/mol. The third-order valence-corrected chi connectivity index (χ3v) is 3.62. The van der Waals surface area contributed by atoms with Gasteiger partial charge >= 0.3 is 5.97 Å². The fourth-order valence-electron chi connectivity index (χ4n) is 2.37. The van der Waals surface area contributed by atoms with Crippen LogP contribution in [0.1, 0.15) is 20.7 Å². The smallest absolute Gasteiger partial charge is 0.335 e. The van der Waals surface area contributed by atoms with Gasteiger partial charge in [0.05, 0.1) is 5.56 Å². The number of carboxylic acids is 1. The standard InChI is InChI=1S/C20H15NO3/c22-19(15-9-11-16(12-10-15)20(23)24)21-18-8-4-7-17(13-18)14-5-2-1-3-6-14/h1-13H,(H,21,22)(H,23,24). The second-order valence-corrected chi connectivity index (χ2v) is 5.28. The van der Waals surface area contributed by atoms with Gasteiger partial charge in [0.25, 0.3) is 5.91 Å². The van der Waals surface area contributed by atoms with E-state index in [9.17, 15) is 9.59 Å². The van der Waals surface area contributed by atoms with Crippen LogP contribution in [0.2, 0.25) is 0 Å². The normalized spacial score (nSPS) is 10.2. The lowest BCUT2D eigenvalue weighted by molar-refractivity contribution is 0.0696. The number of carbonyl (C=O) groups excluding carboxylic acids is 1. The van der Waals surface area contributed by atoms with Crippen LogP contribution < -0.4 is 5.32 Å². The molecule has 0 radical (unpaired) electrons. The molecular weight excluding hydrogens is 302 g/mol. The van der Waals surface area contributed by atoms with Crippen molar-refractivity contribution in [1.29, 1.82) is 0 Å². The molecule has 3 aromatic carbocycles. The number of rotatable bonds is 4. The summed E-state index contributed by atoms with van der Waals surface area (Å²) in [6.07, 6.45) is 0. The Balaban J connectivity index is 1.78. The lowest BCUT2D eigenvalue weighted by Crippen LogP contribution is -2.12. The maximum absolute atomic E-state index is 12.3. The fraction of sp³-hybridized carbons (Fsp3) is 0. The summed E-state index contributed by atoms with van der Waals surface area (Å²) in [6.45, 7) is 0. The highest BCUT2D eigenvalue weighted by Crippen LogP contribution is 2.22. The van der Waals surface area contributed by atoms with Gasteiger partial charge in [0.1, 0.15) is 0 Å². The molecule has 0 aliphatic rings. The minimum absolute atomic E-state index is 0.151. The Morgan fingerprint density at radius 2 is 1.33 bits per heavy atom. The van der Waals surface area contributed by atoms with Gasteiger partial charge in [0.2, 0.25) is 0 Å². The summed E-state index contributed by atoms with van der Waals surface area (Å²) in [7, 11) is 0. The summed E-state index contributed by atoms with van der Waals surface area (Å²) in [6, 6.07) is 23.3. The first-order valence-corrected chi connectivity index (χ1v) is 7.44. The van der Waals surface area contributed by atoms with Gasteiger partial charge in [-0.3, -0.25) is 4.79 Å². The molecule has 0 aliphatic heterocycles. The molecule has 0 fully saturated rings. The van der Waals surface area contributed by atoms with Crippen molar-refractivity contribution < 1.29 is 14.7 Å². The van der Waals surface area contributed by atoms with E-state index in [1.807, 2.05) is 54.6 Å². The first-order chi connectivity index (χ1) is 11.6. The highest BCUT2D eigenvalue weighted by atomic mass is 16.4. The topological polar surface area (TPSA) is 66.4 Å². The zero-order chi connectivity index (χ0) is 16.9.